The molecule has 1 amide bonds. The second kappa shape index (κ2) is 10.6. The minimum Gasteiger partial charge on any atom is -0.507 e. The number of aromatic nitrogens is 2. The fourth-order valence-corrected chi connectivity index (χ4v) is 4.09. The van der Waals surface area contributed by atoms with Gasteiger partial charge in [0.15, 0.2) is 0 Å². The number of aromatic hydroxyl groups is 1. The van der Waals surface area contributed by atoms with Crippen molar-refractivity contribution >= 4 is 40.4 Å². The van der Waals surface area contributed by atoms with Gasteiger partial charge in [0.25, 0.3) is 0 Å². The summed E-state index contributed by atoms with van der Waals surface area (Å²) in [5.41, 5.74) is 0.672. The fraction of sp³-hybridized carbons (Fsp3) is 0.464. The molecular formula is C28H36ClN3O5. The molecule has 0 spiro atoms. The van der Waals surface area contributed by atoms with Gasteiger partial charge in [0.1, 0.15) is 28.8 Å². The number of halogens is 1. The maximum absolute atomic E-state index is 13.5. The van der Waals surface area contributed by atoms with Crippen LogP contribution in [0.4, 0.5) is 10.5 Å². The zero-order valence-electron chi connectivity index (χ0n) is 22.7. The molecule has 2 N–H and O–H groups in total. The number of imidazole rings is 1. The predicted octanol–water partition coefficient (Wildman–Crippen LogP) is 7.34. The third-order valence-electron chi connectivity index (χ3n) is 5.22. The van der Waals surface area contributed by atoms with Gasteiger partial charge in [-0.2, -0.15) is 0 Å². The van der Waals surface area contributed by atoms with E-state index in [4.69, 9.17) is 26.1 Å². The molecule has 1 unspecified atom stereocenters. The van der Waals surface area contributed by atoms with Crippen LogP contribution in [0.5, 0.6) is 5.75 Å². The quantitative estimate of drug-likeness (QED) is 0.324. The number of hydrogen-bond donors (Lipinski definition) is 2. The van der Waals surface area contributed by atoms with Gasteiger partial charge in [-0.15, -0.1) is 0 Å². The highest BCUT2D eigenvalue weighted by molar-refractivity contribution is 6.31. The van der Waals surface area contributed by atoms with E-state index in [2.05, 4.69) is 5.32 Å². The molecule has 1 heterocycles. The van der Waals surface area contributed by atoms with Crippen LogP contribution in [0.1, 0.15) is 67.9 Å². The number of amides is 1. The summed E-state index contributed by atoms with van der Waals surface area (Å²) in [6.07, 6.45) is -0.113. The van der Waals surface area contributed by atoms with Crippen molar-refractivity contribution in [2.24, 2.45) is 5.92 Å². The van der Waals surface area contributed by atoms with Crippen LogP contribution in [0, 0.1) is 5.92 Å². The van der Waals surface area contributed by atoms with E-state index in [1.54, 1.807) is 55.7 Å². The third kappa shape index (κ3) is 7.38. The summed E-state index contributed by atoms with van der Waals surface area (Å²) in [6.45, 7) is 14.9. The fourth-order valence-electron chi connectivity index (χ4n) is 3.91. The van der Waals surface area contributed by atoms with Crippen molar-refractivity contribution in [3.63, 3.8) is 0 Å². The zero-order chi connectivity index (χ0) is 27.7. The SMILES string of the molecule is CC(C)CC(C(=O)OC(C)(C)C)n1c(-c2cc(Cl)ccc2O)nc2cc(NC(=O)OC(C)(C)C)ccc21. The molecule has 0 saturated carbocycles. The van der Waals surface area contributed by atoms with Crippen LogP contribution in [0.25, 0.3) is 22.4 Å². The van der Waals surface area contributed by atoms with E-state index in [-0.39, 0.29) is 11.7 Å². The van der Waals surface area contributed by atoms with Crippen LogP contribution in [0.2, 0.25) is 5.02 Å². The predicted molar refractivity (Wildman–Crippen MR) is 146 cm³/mol. The highest BCUT2D eigenvalue weighted by atomic mass is 35.5. The number of esters is 1. The number of nitrogens with one attached hydrogen (secondary N) is 1. The van der Waals surface area contributed by atoms with Gasteiger partial charge in [0.2, 0.25) is 0 Å². The number of nitrogens with zero attached hydrogens (tertiary/aromatic N) is 2. The van der Waals surface area contributed by atoms with Gasteiger partial charge in [0, 0.05) is 10.7 Å². The van der Waals surface area contributed by atoms with Crippen molar-refractivity contribution in [3.05, 3.63) is 41.4 Å². The van der Waals surface area contributed by atoms with E-state index in [0.717, 1.165) is 0 Å². The molecule has 3 aromatic rings. The number of ether oxygens (including phenoxy) is 2. The van der Waals surface area contributed by atoms with Gasteiger partial charge in [-0.3, -0.25) is 5.32 Å². The Morgan fingerprint density at radius 2 is 1.68 bits per heavy atom. The van der Waals surface area contributed by atoms with Crippen LogP contribution >= 0.6 is 11.6 Å². The summed E-state index contributed by atoms with van der Waals surface area (Å²) in [6, 6.07) is 9.14. The lowest BCUT2D eigenvalue weighted by Crippen LogP contribution is -2.31. The molecule has 2 aromatic carbocycles. The minimum atomic E-state index is -0.720. The van der Waals surface area contributed by atoms with Crippen molar-refractivity contribution in [2.75, 3.05) is 5.32 Å². The van der Waals surface area contributed by atoms with E-state index < -0.39 is 29.3 Å². The Balaban J connectivity index is 2.21. The average Bonchev–Trinajstić information content (AvgIpc) is 3.09. The molecule has 37 heavy (non-hydrogen) atoms. The van der Waals surface area contributed by atoms with Gasteiger partial charge in [0.05, 0.1) is 16.6 Å². The number of phenolic OH excluding ortho intramolecular Hbond substituents is 1. The van der Waals surface area contributed by atoms with E-state index in [1.807, 2.05) is 34.6 Å². The monoisotopic (exact) mass is 529 g/mol. The van der Waals surface area contributed by atoms with Gasteiger partial charge < -0.3 is 19.1 Å². The number of rotatable bonds is 6. The molecule has 1 atom stereocenters. The maximum atomic E-state index is 13.5. The lowest BCUT2D eigenvalue weighted by molar-refractivity contribution is -0.159. The molecule has 9 heteroatoms. The molecule has 0 aliphatic rings. The second-order valence-electron chi connectivity index (χ2n) is 11.5. The molecule has 1 aromatic heterocycles. The Hall–Kier alpha value is -3.26. The number of anilines is 1. The van der Waals surface area contributed by atoms with Crippen molar-refractivity contribution in [2.45, 2.75) is 79.1 Å². The van der Waals surface area contributed by atoms with E-state index in [9.17, 15) is 14.7 Å². The molecule has 200 valence electrons. The first-order valence-electron chi connectivity index (χ1n) is 12.3. The number of carbonyl (C=O) groups is 2. The standard InChI is InChI=1S/C28H36ClN3O5/c1-16(2)13-22(25(34)36-27(3,4)5)32-21-11-10-18(30-26(35)37-28(6,7)8)15-20(21)31-24(32)19-14-17(29)9-12-23(19)33/h9-12,14-16,22,33H,13H2,1-8H3,(H,30,35). The molecule has 8 nitrogen and oxygen atoms in total. The van der Waals surface area contributed by atoms with Crippen molar-refractivity contribution in [1.29, 1.82) is 0 Å². The zero-order valence-corrected chi connectivity index (χ0v) is 23.4. The van der Waals surface area contributed by atoms with Crippen molar-refractivity contribution < 1.29 is 24.2 Å². The number of carbonyl (C=O) groups excluding carboxylic acids is 2. The Bertz CT molecular complexity index is 1300. The number of fused-ring (bicyclic) bond motifs is 1. The summed E-state index contributed by atoms with van der Waals surface area (Å²) >= 11 is 6.27. The summed E-state index contributed by atoms with van der Waals surface area (Å²) in [4.78, 5) is 30.6. The highest BCUT2D eigenvalue weighted by Crippen LogP contribution is 2.38. The molecule has 0 radical (unpaired) electrons. The Morgan fingerprint density at radius 1 is 1.03 bits per heavy atom. The van der Waals surface area contributed by atoms with E-state index in [1.165, 1.54) is 6.07 Å². The normalized spacial score (nSPS) is 13.0. The molecular weight excluding hydrogens is 494 g/mol. The van der Waals surface area contributed by atoms with Crippen LogP contribution in [-0.4, -0.2) is 37.9 Å². The molecule has 0 aliphatic carbocycles. The first kappa shape index (κ1) is 28.3. The van der Waals surface area contributed by atoms with Crippen molar-refractivity contribution in [3.8, 4) is 17.1 Å². The van der Waals surface area contributed by atoms with Crippen LogP contribution < -0.4 is 5.32 Å². The molecule has 0 fully saturated rings. The Labute approximate surface area is 222 Å². The summed E-state index contributed by atoms with van der Waals surface area (Å²) in [5.74, 6) is 0.0876. The maximum Gasteiger partial charge on any atom is 0.412 e. The van der Waals surface area contributed by atoms with E-state index >= 15 is 0 Å². The average molecular weight is 530 g/mol. The molecule has 0 bridgehead atoms. The second-order valence-corrected chi connectivity index (χ2v) is 11.9. The first-order valence-corrected chi connectivity index (χ1v) is 12.7. The lowest BCUT2D eigenvalue weighted by Gasteiger charge is -2.27. The summed E-state index contributed by atoms with van der Waals surface area (Å²) in [7, 11) is 0. The van der Waals surface area contributed by atoms with Crippen LogP contribution in [0.3, 0.4) is 0 Å². The molecule has 0 saturated heterocycles. The van der Waals surface area contributed by atoms with Gasteiger partial charge in [-0.1, -0.05) is 25.4 Å². The summed E-state index contributed by atoms with van der Waals surface area (Å²) < 4.78 is 12.9. The molecule has 3 rings (SSSR count). The van der Waals surface area contributed by atoms with Gasteiger partial charge >= 0.3 is 12.1 Å². The third-order valence-corrected chi connectivity index (χ3v) is 5.45. The topological polar surface area (TPSA) is 103 Å². The largest absolute Gasteiger partial charge is 0.507 e. The lowest BCUT2D eigenvalue weighted by atomic mass is 10.0. The van der Waals surface area contributed by atoms with Crippen molar-refractivity contribution in [1.82, 2.24) is 9.55 Å². The first-order chi connectivity index (χ1) is 17.0. The molecule has 0 aliphatic heterocycles. The van der Waals surface area contributed by atoms with Crippen LogP contribution in [-0.2, 0) is 14.3 Å². The Kier molecular flexibility index (Phi) is 8.12. The minimum absolute atomic E-state index is 0.0273. The highest BCUT2D eigenvalue weighted by Gasteiger charge is 2.32. The number of phenols is 1. The van der Waals surface area contributed by atoms with Gasteiger partial charge in [-0.05, 0) is 90.3 Å². The number of hydrogen-bond acceptors (Lipinski definition) is 6. The van der Waals surface area contributed by atoms with Gasteiger partial charge in [-0.25, -0.2) is 14.6 Å². The smallest absolute Gasteiger partial charge is 0.412 e. The van der Waals surface area contributed by atoms with Crippen LogP contribution in [0.15, 0.2) is 36.4 Å². The Morgan fingerprint density at radius 3 is 2.27 bits per heavy atom. The number of benzene rings is 2. The van der Waals surface area contributed by atoms with E-state index in [0.29, 0.717) is 39.6 Å². The summed E-state index contributed by atoms with van der Waals surface area (Å²) in [5, 5.41) is 13.8.